The van der Waals surface area contributed by atoms with Crippen LogP contribution in [0.4, 0.5) is 5.69 Å². The van der Waals surface area contributed by atoms with Gasteiger partial charge in [-0.05, 0) is 43.2 Å². The Morgan fingerprint density at radius 3 is 2.35 bits per heavy atom. The summed E-state index contributed by atoms with van der Waals surface area (Å²) in [5.74, 6) is 0. The minimum atomic E-state index is -3.58. The summed E-state index contributed by atoms with van der Waals surface area (Å²) in [5.41, 5.74) is 7.88. The Kier molecular flexibility index (Phi) is 4.11. The third-order valence-electron chi connectivity index (χ3n) is 3.01. The Morgan fingerprint density at radius 1 is 1.10 bits per heavy atom. The Labute approximate surface area is 119 Å². The molecule has 0 aliphatic rings. The van der Waals surface area contributed by atoms with E-state index in [2.05, 4.69) is 4.72 Å². The van der Waals surface area contributed by atoms with E-state index in [9.17, 15) is 8.42 Å². The average Bonchev–Trinajstić information content (AvgIpc) is 2.38. The van der Waals surface area contributed by atoms with E-state index in [1.54, 1.807) is 12.1 Å². The number of nitrogens with two attached hydrogens (primary N) is 1. The number of sulfonamides is 1. The maximum atomic E-state index is 12.4. The van der Waals surface area contributed by atoms with Crippen molar-refractivity contribution in [3.05, 3.63) is 59.7 Å². The van der Waals surface area contributed by atoms with Gasteiger partial charge in [-0.2, -0.15) is 0 Å². The topological polar surface area (TPSA) is 72.2 Å². The monoisotopic (exact) mass is 290 g/mol. The first-order valence-electron chi connectivity index (χ1n) is 6.33. The van der Waals surface area contributed by atoms with Gasteiger partial charge in [-0.15, -0.1) is 0 Å². The summed E-state index contributed by atoms with van der Waals surface area (Å²) in [6, 6.07) is 13.9. The summed E-state index contributed by atoms with van der Waals surface area (Å²) >= 11 is 0. The van der Waals surface area contributed by atoms with E-state index in [1.165, 1.54) is 6.07 Å². The minimum absolute atomic E-state index is 0.192. The lowest BCUT2D eigenvalue weighted by Gasteiger charge is -2.15. The number of rotatable bonds is 4. The third-order valence-corrected chi connectivity index (χ3v) is 4.54. The maximum absolute atomic E-state index is 12.4. The summed E-state index contributed by atoms with van der Waals surface area (Å²) in [6.45, 7) is 3.63. The predicted molar refractivity (Wildman–Crippen MR) is 80.8 cm³/mol. The number of hydrogen-bond donors (Lipinski definition) is 2. The molecule has 0 unspecified atom stereocenters. The lowest BCUT2D eigenvalue weighted by molar-refractivity contribution is 0.567. The molecular formula is C15H18N2O2S. The highest BCUT2D eigenvalue weighted by atomic mass is 32.2. The van der Waals surface area contributed by atoms with Crippen LogP contribution in [0.15, 0.2) is 53.4 Å². The molecule has 2 aromatic rings. The van der Waals surface area contributed by atoms with Gasteiger partial charge in [0.25, 0.3) is 0 Å². The molecule has 0 amide bonds. The number of aryl methyl sites for hydroxylation is 1. The van der Waals surface area contributed by atoms with Gasteiger partial charge in [0.05, 0.1) is 4.90 Å². The quantitative estimate of drug-likeness (QED) is 0.850. The summed E-state index contributed by atoms with van der Waals surface area (Å²) < 4.78 is 27.4. The van der Waals surface area contributed by atoms with Crippen molar-refractivity contribution in [2.45, 2.75) is 24.8 Å². The molecule has 0 heterocycles. The summed E-state index contributed by atoms with van der Waals surface area (Å²) in [7, 11) is -3.58. The van der Waals surface area contributed by atoms with Gasteiger partial charge in [-0.3, -0.25) is 0 Å². The van der Waals surface area contributed by atoms with Crippen LogP contribution in [0.1, 0.15) is 24.1 Å². The van der Waals surface area contributed by atoms with Crippen LogP contribution < -0.4 is 10.5 Å². The molecule has 0 aliphatic carbocycles. The van der Waals surface area contributed by atoms with Crippen molar-refractivity contribution >= 4 is 15.7 Å². The fraction of sp³-hybridized carbons (Fsp3) is 0.200. The molecule has 106 valence electrons. The zero-order valence-corrected chi connectivity index (χ0v) is 12.3. The molecule has 4 nitrogen and oxygen atoms in total. The lowest BCUT2D eigenvalue weighted by Crippen LogP contribution is -2.27. The van der Waals surface area contributed by atoms with E-state index in [-0.39, 0.29) is 10.9 Å². The molecule has 20 heavy (non-hydrogen) atoms. The molecular weight excluding hydrogens is 272 g/mol. The smallest absolute Gasteiger partial charge is 0.241 e. The van der Waals surface area contributed by atoms with Crippen LogP contribution in [0, 0.1) is 6.92 Å². The van der Waals surface area contributed by atoms with Crippen molar-refractivity contribution in [2.75, 3.05) is 5.73 Å². The predicted octanol–water partition coefficient (Wildman–Crippen LogP) is 2.62. The lowest BCUT2D eigenvalue weighted by atomic mass is 10.1. The standard InChI is InChI=1S/C15H18N2O2S/c1-11-8-14(16)10-15(9-11)20(18,19)17-12(2)13-6-4-3-5-7-13/h3-10,12,17H,16H2,1-2H3/t12-/m0/s1. The van der Waals surface area contributed by atoms with E-state index >= 15 is 0 Å². The van der Waals surface area contributed by atoms with Gasteiger partial charge in [-0.25, -0.2) is 13.1 Å². The fourth-order valence-electron chi connectivity index (χ4n) is 2.04. The zero-order chi connectivity index (χ0) is 14.8. The number of nitrogen functional groups attached to an aromatic ring is 1. The summed E-state index contributed by atoms with van der Waals surface area (Å²) in [5, 5.41) is 0. The Balaban J connectivity index is 2.27. The number of hydrogen-bond acceptors (Lipinski definition) is 3. The summed E-state index contributed by atoms with van der Waals surface area (Å²) in [6.07, 6.45) is 0. The highest BCUT2D eigenvalue weighted by Crippen LogP contribution is 2.19. The van der Waals surface area contributed by atoms with Crippen molar-refractivity contribution < 1.29 is 8.42 Å². The Morgan fingerprint density at radius 2 is 1.75 bits per heavy atom. The van der Waals surface area contributed by atoms with Crippen molar-refractivity contribution in [3.8, 4) is 0 Å². The van der Waals surface area contributed by atoms with E-state index < -0.39 is 10.0 Å². The van der Waals surface area contributed by atoms with Gasteiger partial charge in [0.2, 0.25) is 10.0 Å². The molecule has 0 fully saturated rings. The van der Waals surface area contributed by atoms with Gasteiger partial charge < -0.3 is 5.73 Å². The Hall–Kier alpha value is -1.85. The molecule has 5 heteroatoms. The maximum Gasteiger partial charge on any atom is 0.241 e. The number of nitrogens with one attached hydrogen (secondary N) is 1. The Bertz CT molecular complexity index is 677. The van der Waals surface area contributed by atoms with Gasteiger partial charge in [0.1, 0.15) is 0 Å². The number of anilines is 1. The van der Waals surface area contributed by atoms with Crippen LogP contribution in [0.3, 0.4) is 0 Å². The third kappa shape index (κ3) is 3.37. The van der Waals surface area contributed by atoms with Crippen molar-refractivity contribution in [1.82, 2.24) is 4.72 Å². The first-order valence-corrected chi connectivity index (χ1v) is 7.81. The van der Waals surface area contributed by atoms with Crippen molar-refractivity contribution in [2.24, 2.45) is 0 Å². The molecule has 3 N–H and O–H groups in total. The van der Waals surface area contributed by atoms with Crippen molar-refractivity contribution in [1.29, 1.82) is 0 Å². The molecule has 0 radical (unpaired) electrons. The van der Waals surface area contributed by atoms with Crippen LogP contribution in [-0.2, 0) is 10.0 Å². The minimum Gasteiger partial charge on any atom is -0.399 e. The molecule has 0 saturated heterocycles. The van der Waals surface area contributed by atoms with Gasteiger partial charge in [0, 0.05) is 11.7 Å². The van der Waals surface area contributed by atoms with Gasteiger partial charge in [0.15, 0.2) is 0 Å². The van der Waals surface area contributed by atoms with E-state index in [1.807, 2.05) is 44.2 Å². The second-order valence-corrected chi connectivity index (χ2v) is 6.55. The van der Waals surface area contributed by atoms with Gasteiger partial charge >= 0.3 is 0 Å². The molecule has 2 aromatic carbocycles. The normalized spacial score (nSPS) is 13.1. The zero-order valence-electron chi connectivity index (χ0n) is 11.5. The first-order chi connectivity index (χ1) is 9.38. The first kappa shape index (κ1) is 14.6. The molecule has 1 atom stereocenters. The van der Waals surface area contributed by atoms with Crippen LogP contribution in [0.5, 0.6) is 0 Å². The van der Waals surface area contributed by atoms with Crippen LogP contribution >= 0.6 is 0 Å². The molecule has 0 aliphatic heterocycles. The van der Waals surface area contributed by atoms with Crippen molar-refractivity contribution in [3.63, 3.8) is 0 Å². The van der Waals surface area contributed by atoms with E-state index in [4.69, 9.17) is 5.73 Å². The molecule has 2 rings (SSSR count). The van der Waals surface area contributed by atoms with E-state index in [0.717, 1.165) is 11.1 Å². The van der Waals surface area contributed by atoms with Crippen LogP contribution in [0.25, 0.3) is 0 Å². The fourth-order valence-corrected chi connectivity index (χ4v) is 3.41. The summed E-state index contributed by atoms with van der Waals surface area (Å²) in [4.78, 5) is 0.192. The van der Waals surface area contributed by atoms with Crippen LogP contribution in [-0.4, -0.2) is 8.42 Å². The van der Waals surface area contributed by atoms with Gasteiger partial charge in [-0.1, -0.05) is 30.3 Å². The highest BCUT2D eigenvalue weighted by Gasteiger charge is 2.18. The van der Waals surface area contributed by atoms with E-state index in [0.29, 0.717) is 5.69 Å². The highest BCUT2D eigenvalue weighted by molar-refractivity contribution is 7.89. The second kappa shape index (κ2) is 5.64. The average molecular weight is 290 g/mol. The van der Waals surface area contributed by atoms with Crippen LogP contribution in [0.2, 0.25) is 0 Å². The number of benzene rings is 2. The molecule has 0 aromatic heterocycles. The second-order valence-electron chi connectivity index (χ2n) is 4.83. The molecule has 0 saturated carbocycles. The molecule has 0 bridgehead atoms. The largest absolute Gasteiger partial charge is 0.399 e. The SMILES string of the molecule is Cc1cc(N)cc(S(=O)(=O)N[C@@H](C)c2ccccc2)c1. The molecule has 0 spiro atoms.